The van der Waals surface area contributed by atoms with Crippen molar-refractivity contribution in [3.63, 3.8) is 0 Å². The smallest absolute Gasteiger partial charge is 0.387 e. The Morgan fingerprint density at radius 2 is 1.76 bits per heavy atom. The maximum atomic E-state index is 13.4. The summed E-state index contributed by atoms with van der Waals surface area (Å²) in [5, 5.41) is 11.7. The summed E-state index contributed by atoms with van der Waals surface area (Å²) in [4.78, 5) is 25.8. The van der Waals surface area contributed by atoms with E-state index in [0.717, 1.165) is 38.6 Å². The van der Waals surface area contributed by atoms with Gasteiger partial charge in [-0.3, -0.25) is 9.10 Å². The van der Waals surface area contributed by atoms with Crippen LogP contribution in [0.1, 0.15) is 40.4 Å². The third-order valence-corrected chi connectivity index (χ3v) is 8.48. The molecule has 0 radical (unpaired) electrons. The van der Waals surface area contributed by atoms with Gasteiger partial charge in [0.05, 0.1) is 31.2 Å². The van der Waals surface area contributed by atoms with Crippen molar-refractivity contribution in [2.24, 2.45) is 5.92 Å². The molecule has 1 heterocycles. The first-order valence-electron chi connectivity index (χ1n) is 13.4. The highest BCUT2D eigenvalue weighted by atomic mass is 35.5. The molecule has 1 aliphatic rings. The molecule has 0 bridgehead atoms. The zero-order chi connectivity index (χ0) is 32.9. The number of halogens is 4. The molecule has 1 atom stereocenters. The summed E-state index contributed by atoms with van der Waals surface area (Å²) in [6.45, 7) is -3.75. The number of benzene rings is 2. The van der Waals surface area contributed by atoms with Gasteiger partial charge in [0, 0.05) is 12.0 Å². The monoisotopic (exact) mass is 688 g/mol. The number of methoxy groups -OCH3 is 1. The Kier molecular flexibility index (Phi) is 10.9. The minimum Gasteiger partial charge on any atom is -0.619 e. The molecule has 1 fully saturated rings. The van der Waals surface area contributed by atoms with Crippen LogP contribution in [-0.4, -0.2) is 53.5 Å². The van der Waals surface area contributed by atoms with E-state index in [9.17, 15) is 32.0 Å². The van der Waals surface area contributed by atoms with Gasteiger partial charge in [-0.2, -0.15) is 13.5 Å². The first-order chi connectivity index (χ1) is 21.3. The van der Waals surface area contributed by atoms with Crippen LogP contribution in [0.3, 0.4) is 0 Å². The molecule has 45 heavy (non-hydrogen) atoms. The van der Waals surface area contributed by atoms with Crippen molar-refractivity contribution in [1.29, 1.82) is 0 Å². The van der Waals surface area contributed by atoms with Gasteiger partial charge in [-0.05, 0) is 48.6 Å². The van der Waals surface area contributed by atoms with Crippen LogP contribution in [0.15, 0.2) is 54.9 Å². The average molecular weight is 690 g/mol. The normalized spacial score (nSPS) is 13.7. The van der Waals surface area contributed by atoms with Crippen LogP contribution in [0.25, 0.3) is 0 Å². The molecule has 11 nitrogen and oxygen atoms in total. The molecular formula is C29H28Cl2F2N2O9S. The van der Waals surface area contributed by atoms with Crippen LogP contribution in [0, 0.1) is 11.1 Å². The van der Waals surface area contributed by atoms with Gasteiger partial charge in [-0.15, -0.1) is 0 Å². The van der Waals surface area contributed by atoms with Crippen molar-refractivity contribution < 1.29 is 50.5 Å². The summed E-state index contributed by atoms with van der Waals surface area (Å²) in [6.07, 6.45) is 3.33. The standard InChI is InChI=1S/C29H28Cl2F2N2O9S/c1-41-28(37)19-5-3-4-6-23(19)35(45(2,39)40)15-27(36)43-25(12-20-21(30)13-34(38)14-22(20)31)18-9-10-24(44-29(32)33)26(11-18)42-16-17-7-8-17/h3-6,9-11,13-14,17,25,29H,7-8,12,15-16H2,1-2H3/t25-/m0/s1. The molecular weight excluding hydrogens is 661 g/mol. The molecule has 1 aromatic heterocycles. The van der Waals surface area contributed by atoms with Gasteiger partial charge < -0.3 is 24.2 Å². The van der Waals surface area contributed by atoms with E-state index in [4.69, 9.17) is 37.4 Å². The van der Waals surface area contributed by atoms with Gasteiger partial charge in [0.1, 0.15) is 22.7 Å². The second-order valence-electron chi connectivity index (χ2n) is 10.1. The third kappa shape index (κ3) is 9.08. The van der Waals surface area contributed by atoms with E-state index in [1.807, 2.05) is 0 Å². The van der Waals surface area contributed by atoms with Gasteiger partial charge in [0.15, 0.2) is 23.9 Å². The van der Waals surface area contributed by atoms with E-state index in [1.165, 1.54) is 42.5 Å². The topological polar surface area (TPSA) is 135 Å². The summed E-state index contributed by atoms with van der Waals surface area (Å²) in [6, 6.07) is 9.57. The highest BCUT2D eigenvalue weighted by Gasteiger charge is 2.30. The molecule has 1 aliphatic carbocycles. The summed E-state index contributed by atoms with van der Waals surface area (Å²) < 4.78 is 73.8. The van der Waals surface area contributed by atoms with Crippen molar-refractivity contribution >= 4 is 50.9 Å². The number of anilines is 1. The minimum absolute atomic E-state index is 0.0341. The molecule has 2 aromatic carbocycles. The zero-order valence-corrected chi connectivity index (χ0v) is 26.3. The van der Waals surface area contributed by atoms with Crippen LogP contribution in [0.4, 0.5) is 14.5 Å². The largest absolute Gasteiger partial charge is 0.619 e. The lowest BCUT2D eigenvalue weighted by Gasteiger charge is -2.26. The van der Waals surface area contributed by atoms with Crippen molar-refractivity contribution in [1.82, 2.24) is 0 Å². The number of carbonyl (C=O) groups excluding carboxylic acids is 2. The number of carbonyl (C=O) groups is 2. The lowest BCUT2D eigenvalue weighted by molar-refractivity contribution is -0.605. The molecule has 0 N–H and O–H groups in total. The molecule has 0 spiro atoms. The number of nitrogens with zero attached hydrogens (tertiary/aromatic N) is 2. The van der Waals surface area contributed by atoms with Crippen LogP contribution in [0.2, 0.25) is 10.0 Å². The third-order valence-electron chi connectivity index (χ3n) is 6.70. The van der Waals surface area contributed by atoms with Crippen LogP contribution in [0.5, 0.6) is 11.5 Å². The van der Waals surface area contributed by atoms with E-state index >= 15 is 0 Å². The molecule has 0 saturated heterocycles. The fourth-order valence-corrected chi connectivity index (χ4v) is 5.78. The highest BCUT2D eigenvalue weighted by molar-refractivity contribution is 7.92. The van der Waals surface area contributed by atoms with Crippen molar-refractivity contribution in [2.45, 2.75) is 32.0 Å². The summed E-state index contributed by atoms with van der Waals surface area (Å²) in [5.74, 6) is -1.91. The number of pyridine rings is 1. The second kappa shape index (κ2) is 14.5. The average Bonchev–Trinajstić information content (AvgIpc) is 3.80. The van der Waals surface area contributed by atoms with Crippen molar-refractivity contribution in [3.05, 3.63) is 86.8 Å². The van der Waals surface area contributed by atoms with E-state index in [-0.39, 0.29) is 62.9 Å². The predicted octanol–water partition coefficient (Wildman–Crippen LogP) is 5.10. The molecule has 0 aliphatic heterocycles. The summed E-state index contributed by atoms with van der Waals surface area (Å²) >= 11 is 12.6. The predicted molar refractivity (Wildman–Crippen MR) is 159 cm³/mol. The van der Waals surface area contributed by atoms with Gasteiger partial charge in [0.2, 0.25) is 10.0 Å². The minimum atomic E-state index is -4.15. The SMILES string of the molecule is COC(=O)c1ccccc1N(CC(=O)O[C@@H](Cc1c(Cl)c[n+]([O-])cc1Cl)c1ccc(OC(F)F)c(OCC2CC2)c1)S(C)(=O)=O. The molecule has 242 valence electrons. The van der Waals surface area contributed by atoms with Crippen LogP contribution in [-0.2, 0) is 30.7 Å². The number of ether oxygens (including phenoxy) is 4. The lowest BCUT2D eigenvalue weighted by atomic mass is 10.0. The fraction of sp³-hybridized carbons (Fsp3) is 0.345. The van der Waals surface area contributed by atoms with E-state index < -0.39 is 41.2 Å². The highest BCUT2D eigenvalue weighted by Crippen LogP contribution is 2.38. The molecule has 4 rings (SSSR count). The summed E-state index contributed by atoms with van der Waals surface area (Å²) in [5.41, 5.74) is 0.213. The van der Waals surface area contributed by atoms with Gasteiger partial charge >= 0.3 is 18.6 Å². The zero-order valence-electron chi connectivity index (χ0n) is 24.0. The van der Waals surface area contributed by atoms with Crippen LogP contribution < -0.4 is 18.5 Å². The van der Waals surface area contributed by atoms with Crippen molar-refractivity contribution in [2.75, 3.05) is 30.8 Å². The lowest BCUT2D eigenvalue weighted by Crippen LogP contribution is -2.37. The number of esters is 2. The van der Waals surface area contributed by atoms with Gasteiger partial charge in [0.25, 0.3) is 0 Å². The van der Waals surface area contributed by atoms with Gasteiger partial charge in [-0.1, -0.05) is 41.4 Å². The first kappa shape index (κ1) is 34.0. The Balaban J connectivity index is 1.71. The molecule has 1 saturated carbocycles. The fourth-order valence-electron chi connectivity index (χ4n) is 4.33. The Hall–Kier alpha value is -3.88. The van der Waals surface area contributed by atoms with Crippen molar-refractivity contribution in [3.8, 4) is 11.5 Å². The first-order valence-corrected chi connectivity index (χ1v) is 16.0. The molecule has 16 heteroatoms. The van der Waals surface area contributed by atoms with Gasteiger partial charge in [-0.25, -0.2) is 13.2 Å². The van der Waals surface area contributed by atoms with E-state index in [0.29, 0.717) is 9.04 Å². The molecule has 0 unspecified atom stereocenters. The number of hydrogen-bond acceptors (Lipinski definition) is 9. The van der Waals surface area contributed by atoms with Crippen LogP contribution >= 0.6 is 23.2 Å². The Morgan fingerprint density at radius 1 is 1.09 bits per heavy atom. The molecule has 3 aromatic rings. The number of aromatic nitrogens is 1. The maximum absolute atomic E-state index is 13.4. The Morgan fingerprint density at radius 3 is 2.36 bits per heavy atom. The number of rotatable bonds is 14. The van der Waals surface area contributed by atoms with E-state index in [2.05, 4.69) is 4.74 Å². The quantitative estimate of drug-likeness (QED) is 0.129. The Bertz CT molecular complexity index is 1650. The number of alkyl halides is 2. The number of para-hydroxylation sites is 1. The maximum Gasteiger partial charge on any atom is 0.387 e. The molecule has 0 amide bonds. The second-order valence-corrected chi connectivity index (χ2v) is 12.8. The van der Waals surface area contributed by atoms with E-state index in [1.54, 1.807) is 0 Å². The number of hydrogen-bond donors (Lipinski definition) is 0. The summed E-state index contributed by atoms with van der Waals surface area (Å²) in [7, 11) is -3.03. The number of sulfonamides is 1. The Labute approximate surface area is 267 Å².